The highest BCUT2D eigenvalue weighted by Gasteiger charge is 2.33. The molecule has 0 bridgehead atoms. The SMILES string of the molecule is CCCN(CCC)c1ccc(C(F)(F)F)nn1. The lowest BCUT2D eigenvalue weighted by Gasteiger charge is -2.21. The van der Waals surface area contributed by atoms with E-state index < -0.39 is 11.9 Å². The molecule has 0 aliphatic carbocycles. The van der Waals surface area contributed by atoms with E-state index in [2.05, 4.69) is 10.2 Å². The second-order valence-corrected chi connectivity index (χ2v) is 3.76. The lowest BCUT2D eigenvalue weighted by atomic mass is 10.3. The molecule has 17 heavy (non-hydrogen) atoms. The quantitative estimate of drug-likeness (QED) is 0.800. The van der Waals surface area contributed by atoms with Gasteiger partial charge in [-0.15, -0.1) is 10.2 Å². The van der Waals surface area contributed by atoms with Crippen molar-refractivity contribution in [2.24, 2.45) is 0 Å². The Morgan fingerprint density at radius 3 is 2.00 bits per heavy atom. The summed E-state index contributed by atoms with van der Waals surface area (Å²) in [5, 5.41) is 6.86. The van der Waals surface area contributed by atoms with E-state index >= 15 is 0 Å². The zero-order chi connectivity index (χ0) is 12.9. The molecule has 0 saturated heterocycles. The van der Waals surface area contributed by atoms with Crippen LogP contribution in [0.4, 0.5) is 19.0 Å². The second kappa shape index (κ2) is 5.84. The van der Waals surface area contributed by atoms with Crippen LogP contribution in [0.1, 0.15) is 32.4 Å². The average molecular weight is 247 g/mol. The van der Waals surface area contributed by atoms with Crippen LogP contribution in [0.5, 0.6) is 0 Å². The van der Waals surface area contributed by atoms with Gasteiger partial charge in [-0.2, -0.15) is 13.2 Å². The molecule has 0 N–H and O–H groups in total. The first-order valence-corrected chi connectivity index (χ1v) is 5.65. The summed E-state index contributed by atoms with van der Waals surface area (Å²) in [6.45, 7) is 5.57. The maximum absolute atomic E-state index is 12.3. The first kappa shape index (κ1) is 13.7. The Hall–Kier alpha value is -1.33. The van der Waals surface area contributed by atoms with Gasteiger partial charge in [0.1, 0.15) is 0 Å². The Labute approximate surface area is 98.7 Å². The normalized spacial score (nSPS) is 11.6. The third-order valence-corrected chi connectivity index (χ3v) is 2.25. The number of anilines is 1. The van der Waals surface area contributed by atoms with Crippen LogP contribution in [0.3, 0.4) is 0 Å². The molecule has 3 nitrogen and oxygen atoms in total. The van der Waals surface area contributed by atoms with Crippen LogP contribution in [0.25, 0.3) is 0 Å². The molecular weight excluding hydrogens is 231 g/mol. The van der Waals surface area contributed by atoms with Crippen LogP contribution < -0.4 is 4.90 Å². The highest BCUT2D eigenvalue weighted by molar-refractivity contribution is 5.37. The monoisotopic (exact) mass is 247 g/mol. The molecule has 0 saturated carbocycles. The number of alkyl halides is 3. The Morgan fingerprint density at radius 1 is 1.06 bits per heavy atom. The van der Waals surface area contributed by atoms with Crippen molar-refractivity contribution in [3.05, 3.63) is 17.8 Å². The fourth-order valence-corrected chi connectivity index (χ4v) is 1.53. The Bertz CT molecular complexity index is 329. The molecular formula is C11H16F3N3. The molecule has 1 aromatic rings. The Balaban J connectivity index is 2.84. The molecule has 1 heterocycles. The largest absolute Gasteiger partial charge is 0.435 e. The van der Waals surface area contributed by atoms with Crippen LogP contribution in [-0.4, -0.2) is 23.3 Å². The fourth-order valence-electron chi connectivity index (χ4n) is 1.53. The van der Waals surface area contributed by atoms with Gasteiger partial charge in [0.05, 0.1) is 0 Å². The number of aromatic nitrogens is 2. The van der Waals surface area contributed by atoms with Crippen LogP contribution in [0.15, 0.2) is 12.1 Å². The van der Waals surface area contributed by atoms with Crippen molar-refractivity contribution in [3.8, 4) is 0 Å². The van der Waals surface area contributed by atoms with Gasteiger partial charge in [0.2, 0.25) is 0 Å². The molecule has 0 spiro atoms. The van der Waals surface area contributed by atoms with Crippen molar-refractivity contribution in [3.63, 3.8) is 0 Å². The third-order valence-electron chi connectivity index (χ3n) is 2.25. The summed E-state index contributed by atoms with van der Waals surface area (Å²) in [5.41, 5.74) is -0.950. The first-order valence-electron chi connectivity index (χ1n) is 5.65. The van der Waals surface area contributed by atoms with Crippen molar-refractivity contribution in [2.75, 3.05) is 18.0 Å². The van der Waals surface area contributed by atoms with Gasteiger partial charge >= 0.3 is 6.18 Å². The maximum Gasteiger partial charge on any atom is 0.435 e. The van der Waals surface area contributed by atoms with Gasteiger partial charge in [0.25, 0.3) is 0 Å². The number of hydrogen-bond acceptors (Lipinski definition) is 3. The lowest BCUT2D eigenvalue weighted by molar-refractivity contribution is -0.141. The van der Waals surface area contributed by atoms with Gasteiger partial charge in [0, 0.05) is 13.1 Å². The predicted molar refractivity (Wildman–Crippen MR) is 59.8 cm³/mol. The second-order valence-electron chi connectivity index (χ2n) is 3.76. The van der Waals surface area contributed by atoms with Gasteiger partial charge in [-0.25, -0.2) is 0 Å². The van der Waals surface area contributed by atoms with Crippen LogP contribution >= 0.6 is 0 Å². The Kier molecular flexibility index (Phi) is 4.72. The standard InChI is InChI=1S/C11H16F3N3/c1-3-7-17(8-4-2)10-6-5-9(15-16-10)11(12,13)14/h5-6H,3-4,7-8H2,1-2H3. The van der Waals surface area contributed by atoms with Crippen molar-refractivity contribution in [2.45, 2.75) is 32.9 Å². The van der Waals surface area contributed by atoms with Crippen molar-refractivity contribution in [1.82, 2.24) is 10.2 Å². The van der Waals surface area contributed by atoms with Crippen molar-refractivity contribution >= 4 is 5.82 Å². The summed E-state index contributed by atoms with van der Waals surface area (Å²) >= 11 is 0. The van der Waals surface area contributed by atoms with Crippen molar-refractivity contribution in [1.29, 1.82) is 0 Å². The summed E-state index contributed by atoms with van der Waals surface area (Å²) in [6, 6.07) is 2.35. The molecule has 0 fully saturated rings. The molecule has 0 atom stereocenters. The van der Waals surface area contributed by atoms with E-state index in [1.165, 1.54) is 6.07 Å². The number of rotatable bonds is 5. The molecule has 6 heteroatoms. The molecule has 96 valence electrons. The molecule has 0 aliphatic heterocycles. The van der Waals surface area contributed by atoms with Gasteiger partial charge in [-0.1, -0.05) is 13.8 Å². The van der Waals surface area contributed by atoms with Crippen LogP contribution in [0.2, 0.25) is 0 Å². The highest BCUT2D eigenvalue weighted by atomic mass is 19.4. The zero-order valence-corrected chi connectivity index (χ0v) is 9.96. The molecule has 0 unspecified atom stereocenters. The number of halogens is 3. The van der Waals surface area contributed by atoms with Gasteiger partial charge in [-0.3, -0.25) is 0 Å². The molecule has 1 rings (SSSR count). The van der Waals surface area contributed by atoms with Crippen LogP contribution in [0, 0.1) is 0 Å². The van der Waals surface area contributed by atoms with E-state index in [4.69, 9.17) is 0 Å². The molecule has 0 aromatic carbocycles. The Morgan fingerprint density at radius 2 is 1.65 bits per heavy atom. The van der Waals surface area contributed by atoms with Crippen molar-refractivity contribution < 1.29 is 13.2 Å². The van der Waals surface area contributed by atoms with Gasteiger partial charge < -0.3 is 4.90 Å². The van der Waals surface area contributed by atoms with Gasteiger partial charge in [-0.05, 0) is 25.0 Å². The molecule has 0 amide bonds. The van der Waals surface area contributed by atoms with E-state index in [-0.39, 0.29) is 0 Å². The summed E-state index contributed by atoms with van der Waals surface area (Å²) in [5.74, 6) is 0.502. The molecule has 0 radical (unpaired) electrons. The smallest absolute Gasteiger partial charge is 0.355 e. The predicted octanol–water partition coefficient (Wildman–Crippen LogP) is 3.12. The third kappa shape index (κ3) is 3.87. The minimum absolute atomic E-state index is 0.502. The summed E-state index contributed by atoms with van der Waals surface area (Å²) in [7, 11) is 0. The highest BCUT2D eigenvalue weighted by Crippen LogP contribution is 2.27. The van der Waals surface area contributed by atoms with E-state index in [0.717, 1.165) is 32.0 Å². The maximum atomic E-state index is 12.3. The summed E-state index contributed by atoms with van der Waals surface area (Å²) in [4.78, 5) is 1.94. The average Bonchev–Trinajstić information content (AvgIpc) is 2.28. The summed E-state index contributed by atoms with van der Waals surface area (Å²) in [6.07, 6.45) is -2.59. The number of hydrogen-bond donors (Lipinski definition) is 0. The first-order chi connectivity index (χ1) is 7.99. The van der Waals surface area contributed by atoms with Gasteiger partial charge in [0.15, 0.2) is 11.5 Å². The summed E-state index contributed by atoms with van der Waals surface area (Å²) < 4.78 is 36.9. The lowest BCUT2D eigenvalue weighted by Crippen LogP contribution is -2.26. The number of nitrogens with zero attached hydrogens (tertiary/aromatic N) is 3. The van der Waals surface area contributed by atoms with Crippen LogP contribution in [-0.2, 0) is 6.18 Å². The minimum atomic E-state index is -4.42. The molecule has 0 aliphatic rings. The van der Waals surface area contributed by atoms with E-state index in [0.29, 0.717) is 5.82 Å². The topological polar surface area (TPSA) is 29.0 Å². The van der Waals surface area contributed by atoms with E-state index in [1.54, 1.807) is 0 Å². The zero-order valence-electron chi connectivity index (χ0n) is 9.96. The minimum Gasteiger partial charge on any atom is -0.355 e. The molecule has 1 aromatic heterocycles. The van der Waals surface area contributed by atoms with E-state index in [1.807, 2.05) is 18.7 Å². The fraction of sp³-hybridized carbons (Fsp3) is 0.636. The van der Waals surface area contributed by atoms with E-state index in [9.17, 15) is 13.2 Å².